The molecule has 0 radical (unpaired) electrons. The molecule has 0 aromatic heterocycles. The molecule has 4 heteroatoms. The van der Waals surface area contributed by atoms with Gasteiger partial charge in [-0.25, -0.2) is 0 Å². The quantitative estimate of drug-likeness (QED) is 0.758. The number of rotatable bonds is 4. The van der Waals surface area contributed by atoms with Gasteiger partial charge >= 0.3 is 0 Å². The van der Waals surface area contributed by atoms with Crippen molar-refractivity contribution in [3.05, 3.63) is 0 Å². The first kappa shape index (κ1) is 13.3. The van der Waals surface area contributed by atoms with Gasteiger partial charge in [-0.3, -0.25) is 0 Å². The summed E-state index contributed by atoms with van der Waals surface area (Å²) in [6.45, 7) is 3.98. The van der Waals surface area contributed by atoms with E-state index in [-0.39, 0.29) is 12.1 Å². The van der Waals surface area contributed by atoms with Gasteiger partial charge in [-0.2, -0.15) is 0 Å². The molecule has 0 aliphatic carbocycles. The molecular weight excluding hydrogens is 216 g/mol. The molecule has 1 atom stereocenters. The number of hydrogen-bond donors (Lipinski definition) is 2. The molecule has 2 aliphatic heterocycles. The summed E-state index contributed by atoms with van der Waals surface area (Å²) < 4.78 is 5.38. The average Bonchev–Trinajstić information content (AvgIpc) is 2.39. The molecule has 1 unspecified atom stereocenters. The molecule has 2 aliphatic rings. The van der Waals surface area contributed by atoms with Crippen molar-refractivity contribution in [1.29, 1.82) is 0 Å². The van der Waals surface area contributed by atoms with E-state index < -0.39 is 0 Å². The Morgan fingerprint density at radius 1 is 1.35 bits per heavy atom. The summed E-state index contributed by atoms with van der Waals surface area (Å²) in [7, 11) is 2.21. The molecule has 2 saturated heterocycles. The minimum Gasteiger partial charge on any atom is -0.394 e. The number of nitrogens with one attached hydrogen (secondary N) is 1. The molecule has 0 amide bonds. The number of aliphatic hydroxyl groups excluding tert-OH is 1. The third-order valence-electron chi connectivity index (χ3n) is 4.39. The number of likely N-dealkylation sites (tertiary alicyclic amines) is 1. The molecule has 4 nitrogen and oxygen atoms in total. The highest BCUT2D eigenvalue weighted by Gasteiger charge is 2.32. The highest BCUT2D eigenvalue weighted by Crippen LogP contribution is 2.21. The van der Waals surface area contributed by atoms with Crippen LogP contribution in [-0.2, 0) is 4.74 Å². The predicted molar refractivity (Wildman–Crippen MR) is 68.1 cm³/mol. The van der Waals surface area contributed by atoms with E-state index in [1.165, 1.54) is 25.8 Å². The number of ether oxygens (including phenoxy) is 1. The summed E-state index contributed by atoms with van der Waals surface area (Å²) in [5.41, 5.74) is -0.0868. The second-order valence-electron chi connectivity index (χ2n) is 5.56. The number of aliphatic hydroxyl groups is 1. The fourth-order valence-corrected chi connectivity index (χ4v) is 2.89. The van der Waals surface area contributed by atoms with Gasteiger partial charge in [0, 0.05) is 31.3 Å². The maximum absolute atomic E-state index is 9.61. The Morgan fingerprint density at radius 3 is 2.76 bits per heavy atom. The maximum atomic E-state index is 9.61. The van der Waals surface area contributed by atoms with Crippen LogP contribution < -0.4 is 5.32 Å². The van der Waals surface area contributed by atoms with Gasteiger partial charge in [-0.1, -0.05) is 6.42 Å². The molecule has 0 bridgehead atoms. The highest BCUT2D eigenvalue weighted by atomic mass is 16.5. The van der Waals surface area contributed by atoms with E-state index in [0.29, 0.717) is 6.04 Å². The van der Waals surface area contributed by atoms with E-state index >= 15 is 0 Å². The van der Waals surface area contributed by atoms with Crippen LogP contribution in [0.4, 0.5) is 0 Å². The van der Waals surface area contributed by atoms with Crippen molar-refractivity contribution in [2.75, 3.05) is 40.0 Å². The van der Waals surface area contributed by atoms with Gasteiger partial charge in [0.2, 0.25) is 0 Å². The zero-order valence-electron chi connectivity index (χ0n) is 11.0. The van der Waals surface area contributed by atoms with Crippen molar-refractivity contribution in [1.82, 2.24) is 10.2 Å². The number of likely N-dealkylation sites (N-methyl/N-ethyl adjacent to an activating group) is 1. The molecule has 0 aromatic carbocycles. The number of nitrogens with zero attached hydrogens (tertiary/aromatic N) is 1. The zero-order chi connectivity index (χ0) is 12.1. The minimum atomic E-state index is -0.0868. The van der Waals surface area contributed by atoms with Crippen LogP contribution in [0.3, 0.4) is 0 Å². The van der Waals surface area contributed by atoms with Crippen LogP contribution in [0.5, 0.6) is 0 Å². The molecule has 2 N–H and O–H groups in total. The van der Waals surface area contributed by atoms with Crippen LogP contribution in [0.2, 0.25) is 0 Å². The Kier molecular flexibility index (Phi) is 4.79. The normalized spacial score (nSPS) is 30.4. The Balaban J connectivity index is 1.82. The first-order chi connectivity index (χ1) is 8.26. The van der Waals surface area contributed by atoms with Crippen LogP contribution in [0.15, 0.2) is 0 Å². The van der Waals surface area contributed by atoms with Crippen LogP contribution in [0, 0.1) is 0 Å². The summed E-state index contributed by atoms with van der Waals surface area (Å²) in [6, 6.07) is 0.634. The molecule has 0 saturated carbocycles. The van der Waals surface area contributed by atoms with Crippen molar-refractivity contribution in [3.8, 4) is 0 Å². The second kappa shape index (κ2) is 6.14. The zero-order valence-corrected chi connectivity index (χ0v) is 11.0. The molecule has 100 valence electrons. The monoisotopic (exact) mass is 242 g/mol. The van der Waals surface area contributed by atoms with Crippen molar-refractivity contribution in [3.63, 3.8) is 0 Å². The summed E-state index contributed by atoms with van der Waals surface area (Å²) in [4.78, 5) is 2.45. The maximum Gasteiger partial charge on any atom is 0.0615 e. The largest absolute Gasteiger partial charge is 0.394 e. The van der Waals surface area contributed by atoms with Gasteiger partial charge in [0.25, 0.3) is 0 Å². The van der Waals surface area contributed by atoms with Gasteiger partial charge in [-0.15, -0.1) is 0 Å². The smallest absolute Gasteiger partial charge is 0.0615 e. The van der Waals surface area contributed by atoms with Crippen molar-refractivity contribution >= 4 is 0 Å². The SMILES string of the molecule is CN1CCCCC1CNC1(CO)CCOCC1. The summed E-state index contributed by atoms with van der Waals surface area (Å²) in [5.74, 6) is 0. The highest BCUT2D eigenvalue weighted by molar-refractivity contribution is 4.91. The molecule has 2 rings (SSSR count). The lowest BCUT2D eigenvalue weighted by molar-refractivity contribution is 0.00793. The first-order valence-electron chi connectivity index (χ1n) is 6.90. The summed E-state index contributed by atoms with van der Waals surface area (Å²) in [5, 5.41) is 13.2. The van der Waals surface area contributed by atoms with Crippen molar-refractivity contribution < 1.29 is 9.84 Å². The fraction of sp³-hybridized carbons (Fsp3) is 1.00. The standard InChI is InChI=1S/C13H26N2O2/c1-15-7-3-2-4-12(15)10-14-13(11-16)5-8-17-9-6-13/h12,14,16H,2-11H2,1H3. The minimum absolute atomic E-state index is 0.0868. The van der Waals surface area contributed by atoms with Gasteiger partial charge in [0.15, 0.2) is 0 Å². The van der Waals surface area contributed by atoms with Crippen LogP contribution in [0.25, 0.3) is 0 Å². The van der Waals surface area contributed by atoms with Crippen LogP contribution >= 0.6 is 0 Å². The lowest BCUT2D eigenvalue weighted by Crippen LogP contribution is -2.56. The molecule has 2 heterocycles. The summed E-state index contributed by atoms with van der Waals surface area (Å²) in [6.07, 6.45) is 5.80. The Labute approximate surface area is 104 Å². The van der Waals surface area contributed by atoms with Crippen molar-refractivity contribution in [2.24, 2.45) is 0 Å². The van der Waals surface area contributed by atoms with Gasteiger partial charge < -0.3 is 20.1 Å². The van der Waals surface area contributed by atoms with E-state index in [0.717, 1.165) is 32.6 Å². The van der Waals surface area contributed by atoms with Crippen LogP contribution in [0.1, 0.15) is 32.1 Å². The average molecular weight is 242 g/mol. The molecule has 0 aromatic rings. The van der Waals surface area contributed by atoms with E-state index in [4.69, 9.17) is 4.74 Å². The predicted octanol–water partition coefficient (Wildman–Crippen LogP) is 0.602. The Morgan fingerprint density at radius 2 is 2.12 bits per heavy atom. The lowest BCUT2D eigenvalue weighted by atomic mass is 9.90. The van der Waals surface area contributed by atoms with Crippen LogP contribution in [-0.4, -0.2) is 61.5 Å². The third-order valence-corrected chi connectivity index (χ3v) is 4.39. The van der Waals surface area contributed by atoms with Gasteiger partial charge in [0.05, 0.1) is 6.61 Å². The van der Waals surface area contributed by atoms with E-state index in [1.54, 1.807) is 0 Å². The molecule has 0 spiro atoms. The summed E-state index contributed by atoms with van der Waals surface area (Å²) >= 11 is 0. The number of piperidine rings is 1. The topological polar surface area (TPSA) is 44.7 Å². The molecule has 17 heavy (non-hydrogen) atoms. The fourth-order valence-electron chi connectivity index (χ4n) is 2.89. The Bertz CT molecular complexity index is 229. The van der Waals surface area contributed by atoms with E-state index in [2.05, 4.69) is 17.3 Å². The van der Waals surface area contributed by atoms with E-state index in [1.807, 2.05) is 0 Å². The van der Waals surface area contributed by atoms with E-state index in [9.17, 15) is 5.11 Å². The third kappa shape index (κ3) is 3.41. The lowest BCUT2D eigenvalue weighted by Gasteiger charge is -2.40. The molecular formula is C13H26N2O2. The van der Waals surface area contributed by atoms with Gasteiger partial charge in [-0.05, 0) is 39.3 Å². The second-order valence-corrected chi connectivity index (χ2v) is 5.56. The molecule has 2 fully saturated rings. The first-order valence-corrected chi connectivity index (χ1v) is 6.90. The van der Waals surface area contributed by atoms with Crippen molar-refractivity contribution in [2.45, 2.75) is 43.7 Å². The Hall–Kier alpha value is -0.160. The van der Waals surface area contributed by atoms with Gasteiger partial charge in [0.1, 0.15) is 0 Å². The number of hydrogen-bond acceptors (Lipinski definition) is 4.